The van der Waals surface area contributed by atoms with Gasteiger partial charge in [0.05, 0.1) is 18.3 Å². The van der Waals surface area contributed by atoms with Crippen molar-refractivity contribution in [2.24, 2.45) is 0 Å². The van der Waals surface area contributed by atoms with E-state index in [9.17, 15) is 9.59 Å². The van der Waals surface area contributed by atoms with Crippen molar-refractivity contribution >= 4 is 29.8 Å². The largest absolute Gasteiger partial charge is 0.348 e. The molecule has 0 unspecified atom stereocenters. The van der Waals surface area contributed by atoms with Crippen LogP contribution in [0.25, 0.3) is 0 Å². The Labute approximate surface area is 136 Å². The Morgan fingerprint density at radius 1 is 1.35 bits per heavy atom. The summed E-state index contributed by atoms with van der Waals surface area (Å²) in [6.45, 7) is 7.69. The Morgan fingerprint density at radius 2 is 2.00 bits per heavy atom. The highest BCUT2D eigenvalue weighted by molar-refractivity contribution is 6.00. The maximum atomic E-state index is 11.5. The average Bonchev–Trinajstić information content (AvgIpc) is 2.44. The Balaban J connectivity index is 0.000000595. The molecule has 2 aliphatic rings. The zero-order chi connectivity index (χ0) is 17.0. The SMILES string of the molecule is CCC.Cc1nc(NC2CN(C=O)C2)nc2c1NC(=O)CN2C. The van der Waals surface area contributed by atoms with Crippen LogP contribution in [0.15, 0.2) is 0 Å². The molecule has 0 bridgehead atoms. The van der Waals surface area contributed by atoms with Gasteiger partial charge in [-0.1, -0.05) is 20.3 Å². The van der Waals surface area contributed by atoms with Gasteiger partial charge in [-0.15, -0.1) is 0 Å². The van der Waals surface area contributed by atoms with Gasteiger partial charge in [-0.05, 0) is 6.92 Å². The normalized spacial score (nSPS) is 16.6. The molecule has 0 saturated carbocycles. The van der Waals surface area contributed by atoms with Crippen molar-refractivity contribution in [1.29, 1.82) is 0 Å². The molecule has 0 atom stereocenters. The van der Waals surface area contributed by atoms with Gasteiger partial charge in [0.2, 0.25) is 18.3 Å². The maximum Gasteiger partial charge on any atom is 0.244 e. The quantitative estimate of drug-likeness (QED) is 0.802. The molecule has 0 spiro atoms. The topological polar surface area (TPSA) is 90.5 Å². The first-order valence-electron chi connectivity index (χ1n) is 7.83. The number of likely N-dealkylation sites (tertiary alicyclic amines) is 1. The van der Waals surface area contributed by atoms with Gasteiger partial charge < -0.3 is 20.4 Å². The molecule has 1 fully saturated rings. The van der Waals surface area contributed by atoms with Gasteiger partial charge in [-0.2, -0.15) is 4.98 Å². The number of aryl methyl sites for hydroxylation is 1. The first kappa shape index (κ1) is 17.0. The summed E-state index contributed by atoms with van der Waals surface area (Å²) in [6.07, 6.45) is 2.08. The van der Waals surface area contributed by atoms with Crippen molar-refractivity contribution in [2.45, 2.75) is 33.2 Å². The van der Waals surface area contributed by atoms with Crippen LogP contribution in [-0.2, 0) is 9.59 Å². The highest BCUT2D eigenvalue weighted by atomic mass is 16.2. The number of amides is 2. The highest BCUT2D eigenvalue weighted by Crippen LogP contribution is 2.30. The number of rotatable bonds is 3. The predicted molar refractivity (Wildman–Crippen MR) is 89.7 cm³/mol. The van der Waals surface area contributed by atoms with Crippen LogP contribution in [0.2, 0.25) is 0 Å². The molecule has 3 rings (SSSR count). The molecule has 1 aromatic heterocycles. The number of anilines is 3. The summed E-state index contributed by atoms with van der Waals surface area (Å²) >= 11 is 0. The van der Waals surface area contributed by atoms with Gasteiger partial charge in [0.1, 0.15) is 5.69 Å². The minimum absolute atomic E-state index is 0.0620. The van der Waals surface area contributed by atoms with Crippen molar-refractivity contribution in [3.05, 3.63) is 5.69 Å². The predicted octanol–water partition coefficient (Wildman–Crippen LogP) is 0.842. The molecule has 2 aliphatic heterocycles. The van der Waals surface area contributed by atoms with Crippen LogP contribution in [-0.4, -0.2) is 59.9 Å². The van der Waals surface area contributed by atoms with Crippen LogP contribution < -0.4 is 15.5 Å². The summed E-state index contributed by atoms with van der Waals surface area (Å²) in [5, 5.41) is 6.00. The van der Waals surface area contributed by atoms with E-state index in [0.717, 1.165) is 12.1 Å². The molecule has 126 valence electrons. The number of fused-ring (bicyclic) bond motifs is 1. The molecular weight excluding hydrogens is 296 g/mol. The molecule has 23 heavy (non-hydrogen) atoms. The summed E-state index contributed by atoms with van der Waals surface area (Å²) < 4.78 is 0. The van der Waals surface area contributed by atoms with Gasteiger partial charge in [0, 0.05) is 20.1 Å². The fourth-order valence-electron chi connectivity index (χ4n) is 2.39. The van der Waals surface area contributed by atoms with Crippen molar-refractivity contribution in [3.8, 4) is 0 Å². The van der Waals surface area contributed by atoms with Crippen LogP contribution >= 0.6 is 0 Å². The summed E-state index contributed by atoms with van der Waals surface area (Å²) in [6, 6.07) is 0.182. The number of nitrogens with zero attached hydrogens (tertiary/aromatic N) is 4. The number of hydrogen-bond acceptors (Lipinski definition) is 6. The van der Waals surface area contributed by atoms with Crippen molar-refractivity contribution in [1.82, 2.24) is 14.9 Å². The van der Waals surface area contributed by atoms with E-state index in [4.69, 9.17) is 0 Å². The fraction of sp³-hybridized carbons (Fsp3) is 0.600. The second-order valence-corrected chi connectivity index (χ2v) is 5.84. The monoisotopic (exact) mass is 320 g/mol. The van der Waals surface area contributed by atoms with Gasteiger partial charge in [0.25, 0.3) is 0 Å². The van der Waals surface area contributed by atoms with E-state index in [1.807, 2.05) is 14.0 Å². The first-order chi connectivity index (χ1) is 11.0. The molecule has 0 aromatic carbocycles. The average molecular weight is 320 g/mol. The molecular formula is C15H24N6O2. The van der Waals surface area contributed by atoms with Gasteiger partial charge >= 0.3 is 0 Å². The minimum atomic E-state index is -0.0620. The Morgan fingerprint density at radius 3 is 2.61 bits per heavy atom. The summed E-state index contributed by atoms with van der Waals surface area (Å²) in [7, 11) is 1.82. The molecule has 1 aromatic rings. The van der Waals surface area contributed by atoms with E-state index in [2.05, 4.69) is 34.4 Å². The third-order valence-electron chi connectivity index (χ3n) is 3.47. The number of carbonyl (C=O) groups is 2. The molecule has 0 radical (unpaired) electrons. The Hall–Kier alpha value is -2.38. The number of likely N-dealkylation sites (N-methyl/N-ethyl adjacent to an activating group) is 1. The number of hydrogen-bond donors (Lipinski definition) is 2. The van der Waals surface area contributed by atoms with E-state index in [1.54, 1.807) is 9.80 Å². The van der Waals surface area contributed by atoms with Crippen LogP contribution in [0.5, 0.6) is 0 Å². The van der Waals surface area contributed by atoms with Crippen molar-refractivity contribution in [2.75, 3.05) is 42.2 Å². The lowest BCUT2D eigenvalue weighted by Crippen LogP contribution is -2.54. The maximum absolute atomic E-state index is 11.5. The number of nitrogens with one attached hydrogen (secondary N) is 2. The molecule has 2 N–H and O–H groups in total. The Bertz CT molecular complexity index is 586. The van der Waals surface area contributed by atoms with Crippen LogP contribution in [0.3, 0.4) is 0 Å². The third kappa shape index (κ3) is 3.88. The van der Waals surface area contributed by atoms with Gasteiger partial charge in [-0.25, -0.2) is 4.98 Å². The zero-order valence-corrected chi connectivity index (χ0v) is 14.1. The smallest absolute Gasteiger partial charge is 0.244 e. The van der Waals surface area contributed by atoms with Crippen LogP contribution in [0.4, 0.5) is 17.5 Å². The molecule has 0 aliphatic carbocycles. The van der Waals surface area contributed by atoms with Gasteiger partial charge in [0.15, 0.2) is 5.82 Å². The number of aromatic nitrogens is 2. The lowest BCUT2D eigenvalue weighted by atomic mass is 10.1. The van der Waals surface area contributed by atoms with E-state index < -0.39 is 0 Å². The van der Waals surface area contributed by atoms with Crippen LogP contribution in [0, 0.1) is 6.92 Å². The van der Waals surface area contributed by atoms with E-state index in [0.29, 0.717) is 30.5 Å². The first-order valence-corrected chi connectivity index (χ1v) is 7.83. The highest BCUT2D eigenvalue weighted by Gasteiger charge is 2.28. The van der Waals surface area contributed by atoms with E-state index in [-0.39, 0.29) is 18.5 Å². The summed E-state index contributed by atoms with van der Waals surface area (Å²) in [5.41, 5.74) is 1.39. The van der Waals surface area contributed by atoms with Crippen molar-refractivity contribution < 1.29 is 9.59 Å². The van der Waals surface area contributed by atoms with Crippen LogP contribution in [0.1, 0.15) is 26.0 Å². The summed E-state index contributed by atoms with van der Waals surface area (Å²) in [4.78, 5) is 34.3. The summed E-state index contributed by atoms with van der Waals surface area (Å²) in [5.74, 6) is 1.18. The third-order valence-corrected chi connectivity index (χ3v) is 3.47. The number of carbonyl (C=O) groups excluding carboxylic acids is 2. The fourth-order valence-corrected chi connectivity index (χ4v) is 2.39. The lowest BCUT2D eigenvalue weighted by molar-refractivity contribution is -0.121. The van der Waals surface area contributed by atoms with Gasteiger partial charge in [-0.3, -0.25) is 9.59 Å². The molecule has 3 heterocycles. The standard InChI is InChI=1S/C12H16N6O2.C3H8/c1-7-10-11(17(2)5-9(20)15-10)16-12(13-7)14-8-3-18(4-8)6-19;1-3-2/h6,8H,3-5H2,1-2H3,(H,15,20)(H,13,14,16);3H2,1-2H3. The second-order valence-electron chi connectivity index (χ2n) is 5.84. The second kappa shape index (κ2) is 7.26. The van der Waals surface area contributed by atoms with E-state index >= 15 is 0 Å². The molecule has 8 nitrogen and oxygen atoms in total. The molecule has 1 saturated heterocycles. The lowest BCUT2D eigenvalue weighted by Gasteiger charge is -2.37. The zero-order valence-electron chi connectivity index (χ0n) is 14.1. The minimum Gasteiger partial charge on any atom is -0.348 e. The molecule has 8 heteroatoms. The van der Waals surface area contributed by atoms with E-state index in [1.165, 1.54) is 6.42 Å². The Kier molecular flexibility index (Phi) is 5.36. The van der Waals surface area contributed by atoms with Crippen molar-refractivity contribution in [3.63, 3.8) is 0 Å². The molecule has 2 amide bonds.